The van der Waals surface area contributed by atoms with Gasteiger partial charge in [-0.3, -0.25) is 0 Å². The van der Waals surface area contributed by atoms with Gasteiger partial charge in [-0.1, -0.05) is 13.8 Å². The van der Waals surface area contributed by atoms with Gasteiger partial charge in [0, 0.05) is 0 Å². The van der Waals surface area contributed by atoms with Gasteiger partial charge in [0.15, 0.2) is 0 Å². The number of hydrogen-bond acceptors (Lipinski definition) is 5. The summed E-state index contributed by atoms with van der Waals surface area (Å²) in [5.74, 6) is -0.310. The summed E-state index contributed by atoms with van der Waals surface area (Å²) >= 11 is 1.51. The van der Waals surface area contributed by atoms with Crippen molar-refractivity contribution < 1.29 is 9.90 Å². The first-order valence-electron chi connectivity index (χ1n) is 5.27. The highest BCUT2D eigenvalue weighted by Gasteiger charge is 2.22. The number of aromatic nitrogens is 2. The normalized spacial score (nSPS) is 12.9. The molecule has 5 nitrogen and oxygen atoms in total. The predicted octanol–water partition coefficient (Wildman–Crippen LogP) is 2.21. The lowest BCUT2D eigenvalue weighted by atomic mass is 10.0. The SMILES string of the molecule is CC(C)[C@@H](Nc1ncnc2sccc12)C(=O)O. The molecule has 0 fully saturated rings. The van der Waals surface area contributed by atoms with Crippen molar-refractivity contribution in [2.24, 2.45) is 5.92 Å². The summed E-state index contributed by atoms with van der Waals surface area (Å²) in [6, 6.07) is 1.25. The first kappa shape index (κ1) is 11.8. The molecule has 2 heterocycles. The second-order valence-electron chi connectivity index (χ2n) is 4.07. The molecule has 0 bridgehead atoms. The molecule has 0 aliphatic heterocycles. The zero-order chi connectivity index (χ0) is 12.4. The summed E-state index contributed by atoms with van der Waals surface area (Å²) in [4.78, 5) is 20.2. The lowest BCUT2D eigenvalue weighted by Gasteiger charge is -2.18. The molecule has 2 aromatic heterocycles. The van der Waals surface area contributed by atoms with Crippen molar-refractivity contribution in [3.8, 4) is 0 Å². The van der Waals surface area contributed by atoms with Gasteiger partial charge in [-0.25, -0.2) is 14.8 Å². The molecule has 6 heteroatoms. The molecular weight excluding hydrogens is 238 g/mol. The third-order valence-corrected chi connectivity index (χ3v) is 3.31. The number of fused-ring (bicyclic) bond motifs is 1. The molecule has 2 rings (SSSR count). The summed E-state index contributed by atoms with van der Waals surface area (Å²) in [6.07, 6.45) is 1.44. The van der Waals surface area contributed by atoms with Crippen LogP contribution in [0.4, 0.5) is 5.82 Å². The second kappa shape index (κ2) is 4.67. The number of thiophene rings is 1. The van der Waals surface area contributed by atoms with E-state index in [9.17, 15) is 4.79 Å². The van der Waals surface area contributed by atoms with Gasteiger partial charge in [-0.05, 0) is 17.4 Å². The molecule has 2 N–H and O–H groups in total. The molecule has 0 radical (unpaired) electrons. The Kier molecular flexibility index (Phi) is 3.23. The minimum atomic E-state index is -0.873. The molecular formula is C11H13N3O2S. The molecule has 0 aliphatic rings. The van der Waals surface area contributed by atoms with E-state index in [-0.39, 0.29) is 5.92 Å². The Morgan fingerprint density at radius 1 is 1.47 bits per heavy atom. The number of hydrogen-bond donors (Lipinski definition) is 2. The largest absolute Gasteiger partial charge is 0.480 e. The van der Waals surface area contributed by atoms with E-state index in [1.165, 1.54) is 17.7 Å². The fraction of sp³-hybridized carbons (Fsp3) is 0.364. The van der Waals surface area contributed by atoms with Crippen LogP contribution in [0.25, 0.3) is 10.2 Å². The van der Waals surface area contributed by atoms with Gasteiger partial charge >= 0.3 is 5.97 Å². The average molecular weight is 251 g/mol. The lowest BCUT2D eigenvalue weighted by Crippen LogP contribution is -2.34. The summed E-state index contributed by atoms with van der Waals surface area (Å²) in [7, 11) is 0. The Bertz CT molecular complexity index is 538. The van der Waals surface area contributed by atoms with Gasteiger partial charge in [-0.15, -0.1) is 11.3 Å². The van der Waals surface area contributed by atoms with E-state index in [0.29, 0.717) is 5.82 Å². The van der Waals surface area contributed by atoms with Gasteiger partial charge < -0.3 is 10.4 Å². The highest BCUT2D eigenvalue weighted by Crippen LogP contribution is 2.24. The van der Waals surface area contributed by atoms with E-state index >= 15 is 0 Å². The van der Waals surface area contributed by atoms with E-state index in [0.717, 1.165) is 10.2 Å². The molecule has 0 saturated heterocycles. The highest BCUT2D eigenvalue weighted by atomic mass is 32.1. The maximum absolute atomic E-state index is 11.1. The van der Waals surface area contributed by atoms with Gasteiger partial charge in [0.1, 0.15) is 23.0 Å². The molecule has 0 spiro atoms. The van der Waals surface area contributed by atoms with Crippen molar-refractivity contribution in [2.75, 3.05) is 5.32 Å². The zero-order valence-corrected chi connectivity index (χ0v) is 10.4. The van der Waals surface area contributed by atoms with Crippen molar-refractivity contribution >= 4 is 33.3 Å². The predicted molar refractivity (Wildman–Crippen MR) is 67.3 cm³/mol. The Balaban J connectivity index is 2.34. The van der Waals surface area contributed by atoms with Crippen molar-refractivity contribution in [1.29, 1.82) is 0 Å². The maximum Gasteiger partial charge on any atom is 0.326 e. The Morgan fingerprint density at radius 3 is 2.88 bits per heavy atom. The standard InChI is InChI=1S/C11H13N3O2S/c1-6(2)8(11(15)16)14-9-7-3-4-17-10(7)13-5-12-9/h3-6,8H,1-2H3,(H,15,16)(H,12,13,14)/t8-/m1/s1. The van der Waals surface area contributed by atoms with Crippen LogP contribution in [-0.4, -0.2) is 27.1 Å². The van der Waals surface area contributed by atoms with E-state index in [4.69, 9.17) is 5.11 Å². The van der Waals surface area contributed by atoms with E-state index in [2.05, 4.69) is 15.3 Å². The summed E-state index contributed by atoms with van der Waals surface area (Å²) in [5, 5.41) is 14.9. The van der Waals surface area contributed by atoms with E-state index < -0.39 is 12.0 Å². The maximum atomic E-state index is 11.1. The smallest absolute Gasteiger partial charge is 0.326 e. The van der Waals surface area contributed by atoms with Gasteiger partial charge in [0.25, 0.3) is 0 Å². The Hall–Kier alpha value is -1.69. The number of carboxylic acids is 1. The topological polar surface area (TPSA) is 75.1 Å². The quantitative estimate of drug-likeness (QED) is 0.871. The van der Waals surface area contributed by atoms with Gasteiger partial charge in [0.05, 0.1) is 5.39 Å². The van der Waals surface area contributed by atoms with E-state index in [1.54, 1.807) is 0 Å². The minimum absolute atomic E-state index is 0.0175. The van der Waals surface area contributed by atoms with Crippen molar-refractivity contribution in [2.45, 2.75) is 19.9 Å². The molecule has 0 aliphatic carbocycles. The first-order valence-corrected chi connectivity index (χ1v) is 6.15. The third kappa shape index (κ3) is 2.36. The number of nitrogens with one attached hydrogen (secondary N) is 1. The molecule has 0 saturated carbocycles. The van der Waals surface area contributed by atoms with E-state index in [1.807, 2.05) is 25.3 Å². The molecule has 2 aromatic rings. The van der Waals surface area contributed by atoms with Crippen LogP contribution in [0.15, 0.2) is 17.8 Å². The lowest BCUT2D eigenvalue weighted by molar-refractivity contribution is -0.138. The number of rotatable bonds is 4. The van der Waals surface area contributed by atoms with Crippen LogP contribution in [0.2, 0.25) is 0 Å². The average Bonchev–Trinajstić information content (AvgIpc) is 2.73. The second-order valence-corrected chi connectivity index (χ2v) is 4.96. The van der Waals surface area contributed by atoms with Crippen LogP contribution < -0.4 is 5.32 Å². The Morgan fingerprint density at radius 2 is 2.24 bits per heavy atom. The molecule has 17 heavy (non-hydrogen) atoms. The highest BCUT2D eigenvalue weighted by molar-refractivity contribution is 7.16. The van der Waals surface area contributed by atoms with Gasteiger partial charge in [0.2, 0.25) is 0 Å². The first-order chi connectivity index (χ1) is 8.09. The fourth-order valence-corrected chi connectivity index (χ4v) is 2.30. The van der Waals surface area contributed by atoms with Crippen molar-refractivity contribution in [3.63, 3.8) is 0 Å². The fourth-order valence-electron chi connectivity index (χ4n) is 1.57. The molecule has 90 valence electrons. The van der Waals surface area contributed by atoms with Gasteiger partial charge in [-0.2, -0.15) is 0 Å². The molecule has 0 amide bonds. The molecule has 1 atom stereocenters. The minimum Gasteiger partial charge on any atom is -0.480 e. The zero-order valence-electron chi connectivity index (χ0n) is 9.54. The van der Waals surface area contributed by atoms with Crippen LogP contribution in [0.5, 0.6) is 0 Å². The van der Waals surface area contributed by atoms with Crippen LogP contribution in [-0.2, 0) is 4.79 Å². The Labute approximate surface area is 103 Å². The van der Waals surface area contributed by atoms with Crippen molar-refractivity contribution in [1.82, 2.24) is 9.97 Å². The molecule has 0 aromatic carbocycles. The van der Waals surface area contributed by atoms with Crippen LogP contribution in [0.1, 0.15) is 13.8 Å². The van der Waals surface area contributed by atoms with Crippen LogP contribution in [0.3, 0.4) is 0 Å². The number of nitrogens with zero attached hydrogens (tertiary/aromatic N) is 2. The number of carboxylic acid groups (broad SMARTS) is 1. The van der Waals surface area contributed by atoms with Crippen LogP contribution in [0, 0.1) is 5.92 Å². The van der Waals surface area contributed by atoms with Crippen molar-refractivity contribution in [3.05, 3.63) is 17.8 Å². The monoisotopic (exact) mass is 251 g/mol. The molecule has 0 unspecified atom stereocenters. The summed E-state index contributed by atoms with van der Waals surface area (Å²) < 4.78 is 0. The number of aliphatic carboxylic acids is 1. The summed E-state index contributed by atoms with van der Waals surface area (Å²) in [6.45, 7) is 3.72. The summed E-state index contributed by atoms with van der Waals surface area (Å²) in [5.41, 5.74) is 0. The van der Waals surface area contributed by atoms with Crippen LogP contribution >= 0.6 is 11.3 Å². The number of anilines is 1. The third-order valence-electron chi connectivity index (χ3n) is 2.49. The number of carbonyl (C=O) groups is 1.